The van der Waals surface area contributed by atoms with Gasteiger partial charge in [-0.15, -0.1) is 0 Å². The quantitative estimate of drug-likeness (QED) is 0.777. The molecule has 0 N–H and O–H groups in total. The van der Waals surface area contributed by atoms with Gasteiger partial charge in [-0.2, -0.15) is 0 Å². The molecule has 2 fully saturated rings. The highest BCUT2D eigenvalue weighted by molar-refractivity contribution is 6.33. The lowest BCUT2D eigenvalue weighted by Gasteiger charge is -2.43. The van der Waals surface area contributed by atoms with Gasteiger partial charge in [0.2, 0.25) is 0 Å². The summed E-state index contributed by atoms with van der Waals surface area (Å²) in [6.45, 7) is 5.69. The molecule has 2 saturated heterocycles. The highest BCUT2D eigenvalue weighted by Crippen LogP contribution is 2.30. The molecule has 19 heavy (non-hydrogen) atoms. The Hall–Kier alpha value is -1.06. The van der Waals surface area contributed by atoms with Gasteiger partial charge in [0, 0.05) is 36.4 Å². The molecule has 0 aromatic heterocycles. The molecule has 0 bridgehead atoms. The van der Waals surface area contributed by atoms with Gasteiger partial charge in [-0.05, 0) is 44.5 Å². The molecule has 0 spiro atoms. The normalized spacial score (nSPS) is 27.4. The van der Waals surface area contributed by atoms with E-state index in [1.54, 1.807) is 0 Å². The molecule has 4 heteroatoms. The first-order valence-corrected chi connectivity index (χ1v) is 7.32. The van der Waals surface area contributed by atoms with Gasteiger partial charge >= 0.3 is 0 Å². The molecular formula is C15H19ClN2O. The summed E-state index contributed by atoms with van der Waals surface area (Å²) in [5, 5.41) is 0.550. The van der Waals surface area contributed by atoms with E-state index in [1.807, 2.05) is 18.2 Å². The van der Waals surface area contributed by atoms with E-state index in [-0.39, 0.29) is 0 Å². The van der Waals surface area contributed by atoms with E-state index in [0.29, 0.717) is 22.7 Å². The molecular weight excluding hydrogens is 260 g/mol. The third-order valence-electron chi connectivity index (χ3n) is 4.38. The Morgan fingerprint density at radius 1 is 1.37 bits per heavy atom. The van der Waals surface area contributed by atoms with Crippen LogP contribution >= 0.6 is 11.6 Å². The molecule has 0 radical (unpaired) electrons. The number of aldehydes is 1. The van der Waals surface area contributed by atoms with E-state index < -0.39 is 0 Å². The van der Waals surface area contributed by atoms with Crippen molar-refractivity contribution in [2.45, 2.75) is 31.8 Å². The Kier molecular flexibility index (Phi) is 3.50. The maximum Gasteiger partial charge on any atom is 0.151 e. The third kappa shape index (κ3) is 2.37. The van der Waals surface area contributed by atoms with Gasteiger partial charge in [0.15, 0.2) is 6.29 Å². The van der Waals surface area contributed by atoms with Crippen LogP contribution in [0.15, 0.2) is 18.2 Å². The monoisotopic (exact) mass is 278 g/mol. The zero-order chi connectivity index (χ0) is 13.4. The predicted octanol–water partition coefficient (Wildman–Crippen LogP) is 2.83. The lowest BCUT2D eigenvalue weighted by atomic mass is 10.1. The summed E-state index contributed by atoms with van der Waals surface area (Å²) in [7, 11) is 0. The second-order valence-electron chi connectivity index (χ2n) is 5.62. The minimum absolute atomic E-state index is 0.493. The second kappa shape index (κ2) is 5.14. The summed E-state index contributed by atoms with van der Waals surface area (Å²) in [4.78, 5) is 15.8. The average Bonchev–Trinajstić information content (AvgIpc) is 2.84. The van der Waals surface area contributed by atoms with Crippen molar-refractivity contribution in [1.29, 1.82) is 0 Å². The fraction of sp³-hybridized carbons (Fsp3) is 0.533. The number of piperazine rings is 1. The second-order valence-corrected chi connectivity index (χ2v) is 6.02. The Labute approximate surface area is 119 Å². The Morgan fingerprint density at radius 3 is 2.95 bits per heavy atom. The van der Waals surface area contributed by atoms with Crippen LogP contribution in [0.2, 0.25) is 5.02 Å². The maximum atomic E-state index is 10.8. The maximum absolute atomic E-state index is 10.8. The average molecular weight is 279 g/mol. The van der Waals surface area contributed by atoms with Gasteiger partial charge in [-0.25, -0.2) is 0 Å². The number of benzene rings is 1. The van der Waals surface area contributed by atoms with Gasteiger partial charge in [-0.3, -0.25) is 9.69 Å². The van der Waals surface area contributed by atoms with Crippen LogP contribution in [-0.4, -0.2) is 42.9 Å². The lowest BCUT2D eigenvalue weighted by molar-refractivity contribution is 0.112. The van der Waals surface area contributed by atoms with Crippen molar-refractivity contribution in [3.63, 3.8) is 0 Å². The fourth-order valence-electron chi connectivity index (χ4n) is 3.34. The van der Waals surface area contributed by atoms with Crippen molar-refractivity contribution < 1.29 is 4.79 Å². The number of anilines is 1. The minimum Gasteiger partial charge on any atom is -0.366 e. The first-order valence-electron chi connectivity index (χ1n) is 6.94. The zero-order valence-corrected chi connectivity index (χ0v) is 11.9. The van der Waals surface area contributed by atoms with Gasteiger partial charge < -0.3 is 4.90 Å². The smallest absolute Gasteiger partial charge is 0.151 e. The van der Waals surface area contributed by atoms with Crippen LogP contribution in [0, 0.1) is 0 Å². The van der Waals surface area contributed by atoms with Crippen LogP contribution in [0.25, 0.3) is 0 Å². The molecule has 3 nitrogen and oxygen atoms in total. The van der Waals surface area contributed by atoms with Gasteiger partial charge in [0.25, 0.3) is 0 Å². The lowest BCUT2D eigenvalue weighted by Crippen LogP contribution is -2.55. The van der Waals surface area contributed by atoms with Crippen LogP contribution in [0.3, 0.4) is 0 Å². The van der Waals surface area contributed by atoms with E-state index in [2.05, 4.69) is 16.7 Å². The first kappa shape index (κ1) is 12.9. The largest absolute Gasteiger partial charge is 0.366 e. The van der Waals surface area contributed by atoms with Crippen molar-refractivity contribution >= 4 is 23.6 Å². The molecule has 3 rings (SSSR count). The first-order chi connectivity index (χ1) is 9.19. The van der Waals surface area contributed by atoms with Crippen LogP contribution in [0.4, 0.5) is 5.69 Å². The van der Waals surface area contributed by atoms with Gasteiger partial charge in [-0.1, -0.05) is 11.6 Å². The Bertz CT molecular complexity index is 491. The van der Waals surface area contributed by atoms with Crippen molar-refractivity contribution in [1.82, 2.24) is 4.90 Å². The van der Waals surface area contributed by atoms with Gasteiger partial charge in [0.1, 0.15) is 0 Å². The summed E-state index contributed by atoms with van der Waals surface area (Å²) in [5.41, 5.74) is 1.70. The SMILES string of the molecule is CC1CN2CCCC2CN1c1ccc(C=O)c(Cl)c1. The van der Waals surface area contributed by atoms with Crippen molar-refractivity contribution in [2.75, 3.05) is 24.5 Å². The van der Waals surface area contributed by atoms with Crippen LogP contribution in [0.5, 0.6) is 0 Å². The summed E-state index contributed by atoms with van der Waals surface area (Å²) in [6.07, 6.45) is 3.42. The number of nitrogens with zero attached hydrogens (tertiary/aromatic N) is 2. The standard InChI is InChI=1S/C15H19ClN2O/c1-11-8-17-6-2-3-14(17)9-18(11)13-5-4-12(10-19)15(16)7-13/h4-5,7,10-11,14H,2-3,6,8-9H2,1H3. The molecule has 2 heterocycles. The minimum atomic E-state index is 0.493. The predicted molar refractivity (Wildman–Crippen MR) is 78.2 cm³/mol. The zero-order valence-electron chi connectivity index (χ0n) is 11.2. The highest BCUT2D eigenvalue weighted by Gasteiger charge is 2.34. The molecule has 0 amide bonds. The number of fused-ring (bicyclic) bond motifs is 1. The summed E-state index contributed by atoms with van der Waals surface area (Å²) < 4.78 is 0. The number of rotatable bonds is 2. The molecule has 1 aromatic rings. The topological polar surface area (TPSA) is 23.6 Å². The van der Waals surface area contributed by atoms with Crippen molar-refractivity contribution in [3.05, 3.63) is 28.8 Å². The highest BCUT2D eigenvalue weighted by atomic mass is 35.5. The molecule has 102 valence electrons. The number of halogens is 1. The molecule has 0 aliphatic carbocycles. The van der Waals surface area contributed by atoms with E-state index in [0.717, 1.165) is 25.1 Å². The Balaban J connectivity index is 1.84. The molecule has 2 aliphatic heterocycles. The van der Waals surface area contributed by atoms with E-state index in [4.69, 9.17) is 11.6 Å². The van der Waals surface area contributed by atoms with Crippen LogP contribution in [0.1, 0.15) is 30.1 Å². The third-order valence-corrected chi connectivity index (χ3v) is 4.71. The number of hydrogen-bond acceptors (Lipinski definition) is 3. The van der Waals surface area contributed by atoms with E-state index in [1.165, 1.54) is 19.4 Å². The number of hydrogen-bond donors (Lipinski definition) is 0. The van der Waals surface area contributed by atoms with E-state index in [9.17, 15) is 4.79 Å². The van der Waals surface area contributed by atoms with Crippen LogP contribution < -0.4 is 4.90 Å². The molecule has 1 aromatic carbocycles. The number of carbonyl (C=O) groups excluding carboxylic acids is 1. The van der Waals surface area contributed by atoms with Crippen molar-refractivity contribution in [2.24, 2.45) is 0 Å². The van der Waals surface area contributed by atoms with Crippen molar-refractivity contribution in [3.8, 4) is 0 Å². The van der Waals surface area contributed by atoms with E-state index >= 15 is 0 Å². The molecule has 2 unspecified atom stereocenters. The summed E-state index contributed by atoms with van der Waals surface area (Å²) >= 11 is 6.14. The van der Waals surface area contributed by atoms with Gasteiger partial charge in [0.05, 0.1) is 5.02 Å². The molecule has 0 saturated carbocycles. The summed E-state index contributed by atoms with van der Waals surface area (Å²) in [5.74, 6) is 0. The number of carbonyl (C=O) groups is 1. The van der Waals surface area contributed by atoms with Crippen LogP contribution in [-0.2, 0) is 0 Å². The molecule has 2 aliphatic rings. The Morgan fingerprint density at radius 2 is 2.21 bits per heavy atom. The molecule has 2 atom stereocenters. The fourth-order valence-corrected chi connectivity index (χ4v) is 3.56. The summed E-state index contributed by atoms with van der Waals surface area (Å²) in [6, 6.07) is 6.93.